The van der Waals surface area contributed by atoms with E-state index >= 15 is 0 Å². The summed E-state index contributed by atoms with van der Waals surface area (Å²) >= 11 is 8.83. The van der Waals surface area contributed by atoms with Gasteiger partial charge in [-0.3, -0.25) is 0 Å². The molecule has 0 aliphatic heterocycles. The average Bonchev–Trinajstić information content (AvgIpc) is 2.41. The molecule has 1 aromatic carbocycles. The maximum Gasteiger partial charge on any atom is 0.102 e. The summed E-state index contributed by atoms with van der Waals surface area (Å²) in [6.07, 6.45) is 3.57. The molecule has 0 unspecified atom stereocenters. The van der Waals surface area contributed by atoms with Gasteiger partial charge in [0.2, 0.25) is 0 Å². The van der Waals surface area contributed by atoms with Crippen molar-refractivity contribution in [2.45, 2.75) is 14.8 Å². The van der Waals surface area contributed by atoms with Crippen LogP contribution in [0.15, 0.2) is 51.3 Å². The van der Waals surface area contributed by atoms with E-state index < -0.39 is 0 Å². The summed E-state index contributed by atoms with van der Waals surface area (Å²) in [6.45, 7) is 0. The molecule has 0 radical (unpaired) electrons. The quantitative estimate of drug-likeness (QED) is 0.782. The molecule has 1 heterocycles. The Bertz CT molecular complexity index is 591. The van der Waals surface area contributed by atoms with Crippen LogP contribution < -0.4 is 0 Å². The van der Waals surface area contributed by atoms with Gasteiger partial charge in [-0.1, -0.05) is 29.4 Å². The molecule has 0 N–H and O–H groups in total. The lowest BCUT2D eigenvalue weighted by atomic mass is 10.2. The minimum Gasteiger partial charge on any atom is -0.248 e. The SMILES string of the molecule is CSc1cccc(Sc2ccc(Cl)cn2)c1C#N. The minimum absolute atomic E-state index is 0.609. The summed E-state index contributed by atoms with van der Waals surface area (Å²) < 4.78 is 0. The largest absolute Gasteiger partial charge is 0.248 e. The molecule has 5 heteroatoms. The third-order valence-corrected chi connectivity index (χ3v) is 4.25. The van der Waals surface area contributed by atoms with Crippen molar-refractivity contribution in [2.24, 2.45) is 0 Å². The van der Waals surface area contributed by atoms with Crippen LogP contribution >= 0.6 is 35.1 Å². The zero-order valence-corrected chi connectivity index (χ0v) is 11.9. The van der Waals surface area contributed by atoms with E-state index in [2.05, 4.69) is 11.1 Å². The van der Waals surface area contributed by atoms with Gasteiger partial charge in [0.05, 0.1) is 10.6 Å². The number of aromatic nitrogens is 1. The van der Waals surface area contributed by atoms with Gasteiger partial charge >= 0.3 is 0 Å². The number of halogens is 1. The molecule has 2 rings (SSSR count). The summed E-state index contributed by atoms with van der Waals surface area (Å²) in [5, 5.41) is 10.7. The number of nitrogens with zero attached hydrogens (tertiary/aromatic N) is 2. The second kappa shape index (κ2) is 6.14. The minimum atomic E-state index is 0.609. The molecular formula is C13H9ClN2S2. The number of hydrogen-bond acceptors (Lipinski definition) is 4. The van der Waals surface area contributed by atoms with E-state index in [1.54, 1.807) is 24.0 Å². The van der Waals surface area contributed by atoms with Crippen LogP contribution in [0.3, 0.4) is 0 Å². The molecule has 2 aromatic rings. The number of nitriles is 1. The standard InChI is InChI=1S/C13H9ClN2S2/c1-17-11-3-2-4-12(10(11)7-15)18-13-6-5-9(14)8-16-13/h2-6,8H,1H3. The van der Waals surface area contributed by atoms with Crippen molar-refractivity contribution in [3.8, 4) is 6.07 Å². The number of thioether (sulfide) groups is 1. The van der Waals surface area contributed by atoms with Gasteiger partial charge in [-0.2, -0.15) is 5.26 Å². The maximum absolute atomic E-state index is 9.23. The Morgan fingerprint density at radius 3 is 2.61 bits per heavy atom. The van der Waals surface area contributed by atoms with E-state index in [0.29, 0.717) is 10.6 Å². The second-order valence-electron chi connectivity index (χ2n) is 3.36. The van der Waals surface area contributed by atoms with Crippen LogP contribution in [-0.4, -0.2) is 11.2 Å². The van der Waals surface area contributed by atoms with Gasteiger partial charge in [0.15, 0.2) is 0 Å². The molecular weight excluding hydrogens is 284 g/mol. The van der Waals surface area contributed by atoms with Gasteiger partial charge in [0.1, 0.15) is 11.1 Å². The summed E-state index contributed by atoms with van der Waals surface area (Å²) in [4.78, 5) is 6.12. The molecule has 0 saturated heterocycles. The van der Waals surface area contributed by atoms with Crippen molar-refractivity contribution in [1.29, 1.82) is 5.26 Å². The molecule has 2 nitrogen and oxygen atoms in total. The van der Waals surface area contributed by atoms with Gasteiger partial charge in [-0.05, 0) is 30.5 Å². The van der Waals surface area contributed by atoms with Gasteiger partial charge in [0, 0.05) is 16.0 Å². The van der Waals surface area contributed by atoms with E-state index in [1.807, 2.05) is 30.5 Å². The van der Waals surface area contributed by atoms with Crippen molar-refractivity contribution < 1.29 is 0 Å². The molecule has 18 heavy (non-hydrogen) atoms. The first-order valence-electron chi connectivity index (χ1n) is 5.11. The van der Waals surface area contributed by atoms with E-state index in [0.717, 1.165) is 14.8 Å². The predicted octanol–water partition coefficient (Wildman–Crippen LogP) is 4.48. The number of pyridine rings is 1. The van der Waals surface area contributed by atoms with Crippen LogP contribution in [0.25, 0.3) is 0 Å². The Morgan fingerprint density at radius 2 is 2.00 bits per heavy atom. The topological polar surface area (TPSA) is 36.7 Å². The normalized spacial score (nSPS) is 10.1. The summed E-state index contributed by atoms with van der Waals surface area (Å²) in [5.41, 5.74) is 0.701. The Kier molecular flexibility index (Phi) is 4.54. The highest BCUT2D eigenvalue weighted by molar-refractivity contribution is 7.99. The molecule has 0 atom stereocenters. The lowest BCUT2D eigenvalue weighted by Crippen LogP contribution is -1.86. The molecule has 0 bridgehead atoms. The van der Waals surface area contributed by atoms with Crippen LogP contribution in [0.2, 0.25) is 5.02 Å². The molecule has 0 spiro atoms. The number of benzene rings is 1. The summed E-state index contributed by atoms with van der Waals surface area (Å²) in [7, 11) is 0. The highest BCUT2D eigenvalue weighted by atomic mass is 35.5. The van der Waals surface area contributed by atoms with Crippen molar-refractivity contribution in [3.63, 3.8) is 0 Å². The maximum atomic E-state index is 9.23. The third kappa shape index (κ3) is 2.99. The molecule has 0 saturated carbocycles. The third-order valence-electron chi connectivity index (χ3n) is 2.23. The second-order valence-corrected chi connectivity index (χ2v) is 5.71. The fourth-order valence-electron chi connectivity index (χ4n) is 1.41. The zero-order valence-electron chi connectivity index (χ0n) is 9.55. The van der Waals surface area contributed by atoms with Crippen LogP contribution in [-0.2, 0) is 0 Å². The molecule has 0 fully saturated rings. The predicted molar refractivity (Wildman–Crippen MR) is 76.3 cm³/mol. The van der Waals surface area contributed by atoms with Crippen molar-refractivity contribution in [2.75, 3.05) is 6.26 Å². The van der Waals surface area contributed by atoms with Crippen LogP contribution in [0.1, 0.15) is 5.56 Å². The molecule has 1 aromatic heterocycles. The van der Waals surface area contributed by atoms with Crippen molar-refractivity contribution in [3.05, 3.63) is 47.1 Å². The van der Waals surface area contributed by atoms with Crippen LogP contribution in [0.4, 0.5) is 0 Å². The molecule has 0 amide bonds. The van der Waals surface area contributed by atoms with Gasteiger partial charge < -0.3 is 0 Å². The fourth-order valence-corrected chi connectivity index (χ4v) is 3.03. The Labute approximate surface area is 119 Å². The highest BCUT2D eigenvalue weighted by Gasteiger charge is 2.09. The first-order valence-corrected chi connectivity index (χ1v) is 7.53. The first-order chi connectivity index (χ1) is 8.74. The van der Waals surface area contributed by atoms with E-state index in [9.17, 15) is 5.26 Å². The van der Waals surface area contributed by atoms with Gasteiger partial charge in [-0.15, -0.1) is 11.8 Å². The lowest BCUT2D eigenvalue weighted by molar-refractivity contribution is 1.13. The highest BCUT2D eigenvalue weighted by Crippen LogP contribution is 2.33. The zero-order chi connectivity index (χ0) is 13.0. The van der Waals surface area contributed by atoms with Crippen LogP contribution in [0.5, 0.6) is 0 Å². The number of hydrogen-bond donors (Lipinski definition) is 0. The summed E-state index contributed by atoms with van der Waals surface area (Å²) in [5.74, 6) is 0. The van der Waals surface area contributed by atoms with Crippen molar-refractivity contribution in [1.82, 2.24) is 4.98 Å². The Balaban J connectivity index is 2.35. The first kappa shape index (κ1) is 13.3. The number of rotatable bonds is 3. The van der Waals surface area contributed by atoms with E-state index in [-0.39, 0.29) is 0 Å². The van der Waals surface area contributed by atoms with Crippen molar-refractivity contribution >= 4 is 35.1 Å². The van der Waals surface area contributed by atoms with Gasteiger partial charge in [-0.25, -0.2) is 4.98 Å². The molecule has 0 aliphatic rings. The Hall–Kier alpha value is -1.15. The monoisotopic (exact) mass is 292 g/mol. The smallest absolute Gasteiger partial charge is 0.102 e. The fraction of sp³-hybridized carbons (Fsp3) is 0.0769. The Morgan fingerprint density at radius 1 is 1.22 bits per heavy atom. The lowest BCUT2D eigenvalue weighted by Gasteiger charge is -2.06. The molecule has 0 aliphatic carbocycles. The van der Waals surface area contributed by atoms with E-state index in [4.69, 9.17) is 11.6 Å². The van der Waals surface area contributed by atoms with Gasteiger partial charge in [0.25, 0.3) is 0 Å². The molecule has 90 valence electrons. The summed E-state index contributed by atoms with van der Waals surface area (Å²) in [6, 6.07) is 11.7. The van der Waals surface area contributed by atoms with Crippen LogP contribution in [0, 0.1) is 11.3 Å². The van der Waals surface area contributed by atoms with E-state index in [1.165, 1.54) is 11.8 Å². The average molecular weight is 293 g/mol.